The molecule has 0 saturated carbocycles. The Morgan fingerprint density at radius 1 is 1.13 bits per heavy atom. The van der Waals surface area contributed by atoms with Gasteiger partial charge in [-0.15, -0.1) is 0 Å². The molecule has 3 nitrogen and oxygen atoms in total. The molecule has 0 spiro atoms. The van der Waals surface area contributed by atoms with E-state index in [2.05, 4.69) is 26.9 Å². The lowest BCUT2D eigenvalue weighted by Crippen LogP contribution is -2.27. The molecule has 0 aliphatic rings. The van der Waals surface area contributed by atoms with Crippen LogP contribution in [0.15, 0.2) is 28.7 Å². The summed E-state index contributed by atoms with van der Waals surface area (Å²) >= 11 is 3.52. The van der Waals surface area contributed by atoms with Gasteiger partial charge in [0.2, 0.25) is 0 Å². The van der Waals surface area contributed by atoms with Crippen LogP contribution in [-0.4, -0.2) is 32.6 Å². The lowest BCUT2D eigenvalue weighted by molar-refractivity contribution is -0.0186. The summed E-state index contributed by atoms with van der Waals surface area (Å²) in [5.74, 6) is 0. The predicted octanol–water partition coefficient (Wildman–Crippen LogP) is 2.46. The second-order valence-corrected chi connectivity index (χ2v) is 4.11. The summed E-state index contributed by atoms with van der Waals surface area (Å²) in [6.45, 7) is 1.94. The molecule has 0 aliphatic carbocycles. The predicted molar refractivity (Wildman–Crippen MR) is 63.4 cm³/mol. The third-order valence-corrected chi connectivity index (χ3v) is 2.75. The van der Waals surface area contributed by atoms with Crippen LogP contribution in [0.3, 0.4) is 0 Å². The summed E-state index contributed by atoms with van der Waals surface area (Å²) in [5, 5.41) is 0. The Bertz CT molecular complexity index is 288. The second kappa shape index (κ2) is 6.95. The van der Waals surface area contributed by atoms with Gasteiger partial charge in [-0.3, -0.25) is 4.90 Å². The van der Waals surface area contributed by atoms with Crippen molar-refractivity contribution in [1.29, 1.82) is 0 Å². The molecule has 1 aromatic rings. The van der Waals surface area contributed by atoms with Crippen molar-refractivity contribution < 1.29 is 9.47 Å². The summed E-state index contributed by atoms with van der Waals surface area (Å²) in [6.07, 6.45) is 0. The number of rotatable bonds is 6. The molecule has 1 rings (SSSR count). The van der Waals surface area contributed by atoms with Gasteiger partial charge in [0.05, 0.1) is 0 Å². The first-order valence-electron chi connectivity index (χ1n) is 4.71. The molecule has 0 unspecified atom stereocenters. The number of methoxy groups -OCH3 is 2. The standard InChI is InChI=1S/C11H16BrNO2/c1-14-8-13(9-15-2)7-10-5-3-4-6-11(10)12/h3-6H,7-9H2,1-2H3. The third-order valence-electron chi connectivity index (χ3n) is 1.98. The Balaban J connectivity index is 2.60. The average molecular weight is 274 g/mol. The molecule has 0 amide bonds. The Kier molecular flexibility index (Phi) is 5.86. The van der Waals surface area contributed by atoms with Gasteiger partial charge in [-0.05, 0) is 11.6 Å². The van der Waals surface area contributed by atoms with E-state index in [1.54, 1.807) is 14.2 Å². The first kappa shape index (κ1) is 12.6. The zero-order valence-electron chi connectivity index (χ0n) is 9.07. The first-order chi connectivity index (χ1) is 7.27. The Morgan fingerprint density at radius 3 is 2.27 bits per heavy atom. The van der Waals surface area contributed by atoms with Gasteiger partial charge in [0.15, 0.2) is 0 Å². The van der Waals surface area contributed by atoms with E-state index in [0.717, 1.165) is 11.0 Å². The van der Waals surface area contributed by atoms with E-state index in [0.29, 0.717) is 13.5 Å². The molecule has 0 saturated heterocycles. The van der Waals surface area contributed by atoms with Gasteiger partial charge in [-0.2, -0.15) is 0 Å². The van der Waals surface area contributed by atoms with Gasteiger partial charge in [0.1, 0.15) is 13.5 Å². The van der Waals surface area contributed by atoms with E-state index in [1.807, 2.05) is 18.2 Å². The van der Waals surface area contributed by atoms with E-state index in [9.17, 15) is 0 Å². The zero-order valence-corrected chi connectivity index (χ0v) is 10.7. The number of hydrogen-bond acceptors (Lipinski definition) is 3. The molecular weight excluding hydrogens is 258 g/mol. The maximum atomic E-state index is 5.10. The van der Waals surface area contributed by atoms with Crippen LogP contribution in [0.5, 0.6) is 0 Å². The molecule has 0 atom stereocenters. The normalized spacial score (nSPS) is 10.9. The third kappa shape index (κ3) is 4.30. The number of hydrogen-bond donors (Lipinski definition) is 0. The average Bonchev–Trinajstić information content (AvgIpc) is 2.22. The summed E-state index contributed by atoms with van der Waals surface area (Å²) in [4.78, 5) is 2.07. The van der Waals surface area contributed by atoms with Crippen LogP contribution in [0.1, 0.15) is 5.56 Å². The fraction of sp³-hybridized carbons (Fsp3) is 0.455. The summed E-state index contributed by atoms with van der Waals surface area (Å²) in [7, 11) is 3.37. The molecule has 84 valence electrons. The van der Waals surface area contributed by atoms with Crippen LogP contribution in [0.2, 0.25) is 0 Å². The summed E-state index contributed by atoms with van der Waals surface area (Å²) < 4.78 is 11.3. The molecule has 0 heterocycles. The van der Waals surface area contributed by atoms with Gasteiger partial charge in [0.25, 0.3) is 0 Å². The van der Waals surface area contributed by atoms with E-state index in [4.69, 9.17) is 9.47 Å². The Morgan fingerprint density at radius 2 is 1.73 bits per heavy atom. The Hall–Kier alpha value is -0.420. The quantitative estimate of drug-likeness (QED) is 0.744. The maximum absolute atomic E-state index is 5.10. The van der Waals surface area contributed by atoms with Crippen LogP contribution < -0.4 is 0 Å². The molecule has 0 N–H and O–H groups in total. The van der Waals surface area contributed by atoms with Crippen molar-refractivity contribution >= 4 is 15.9 Å². The van der Waals surface area contributed by atoms with E-state index in [-0.39, 0.29) is 0 Å². The maximum Gasteiger partial charge on any atom is 0.101 e. The topological polar surface area (TPSA) is 21.7 Å². The minimum atomic E-state index is 0.565. The molecule has 0 aliphatic heterocycles. The van der Waals surface area contributed by atoms with Crippen LogP contribution in [-0.2, 0) is 16.0 Å². The van der Waals surface area contributed by atoms with Crippen molar-refractivity contribution in [1.82, 2.24) is 4.90 Å². The lowest BCUT2D eigenvalue weighted by atomic mass is 10.2. The van der Waals surface area contributed by atoms with Gasteiger partial charge in [-0.1, -0.05) is 34.1 Å². The van der Waals surface area contributed by atoms with Gasteiger partial charge in [0, 0.05) is 25.2 Å². The molecule has 0 radical (unpaired) electrons. The molecule has 0 fully saturated rings. The number of ether oxygens (including phenoxy) is 2. The van der Waals surface area contributed by atoms with E-state index in [1.165, 1.54) is 5.56 Å². The van der Waals surface area contributed by atoms with E-state index >= 15 is 0 Å². The van der Waals surface area contributed by atoms with Gasteiger partial charge in [-0.25, -0.2) is 0 Å². The molecule has 15 heavy (non-hydrogen) atoms. The van der Waals surface area contributed by atoms with Crippen molar-refractivity contribution in [2.24, 2.45) is 0 Å². The van der Waals surface area contributed by atoms with Crippen molar-refractivity contribution in [2.45, 2.75) is 6.54 Å². The van der Waals surface area contributed by atoms with Crippen molar-refractivity contribution in [3.63, 3.8) is 0 Å². The number of benzene rings is 1. The highest BCUT2D eigenvalue weighted by Gasteiger charge is 2.06. The highest BCUT2D eigenvalue weighted by Crippen LogP contribution is 2.17. The molecule has 0 bridgehead atoms. The fourth-order valence-electron chi connectivity index (χ4n) is 1.36. The lowest BCUT2D eigenvalue weighted by Gasteiger charge is -2.20. The zero-order chi connectivity index (χ0) is 11.1. The molecular formula is C11H16BrNO2. The minimum absolute atomic E-state index is 0.565. The smallest absolute Gasteiger partial charge is 0.101 e. The largest absolute Gasteiger partial charge is 0.369 e. The fourth-order valence-corrected chi connectivity index (χ4v) is 1.77. The number of nitrogens with zero attached hydrogens (tertiary/aromatic N) is 1. The molecule has 4 heteroatoms. The van der Waals surface area contributed by atoms with E-state index < -0.39 is 0 Å². The highest BCUT2D eigenvalue weighted by atomic mass is 79.9. The Labute approximate surface area is 99.1 Å². The van der Waals surface area contributed by atoms with Crippen molar-refractivity contribution in [3.05, 3.63) is 34.3 Å². The van der Waals surface area contributed by atoms with Crippen molar-refractivity contribution in [3.8, 4) is 0 Å². The minimum Gasteiger partial charge on any atom is -0.369 e. The van der Waals surface area contributed by atoms with Crippen LogP contribution in [0.25, 0.3) is 0 Å². The van der Waals surface area contributed by atoms with Crippen LogP contribution in [0.4, 0.5) is 0 Å². The first-order valence-corrected chi connectivity index (χ1v) is 5.51. The monoisotopic (exact) mass is 273 g/mol. The van der Waals surface area contributed by atoms with Gasteiger partial charge < -0.3 is 9.47 Å². The van der Waals surface area contributed by atoms with Crippen LogP contribution in [0, 0.1) is 0 Å². The van der Waals surface area contributed by atoms with Crippen molar-refractivity contribution in [2.75, 3.05) is 27.7 Å². The number of halogens is 1. The summed E-state index contributed by atoms with van der Waals surface area (Å²) in [6, 6.07) is 8.15. The van der Waals surface area contributed by atoms with Crippen LogP contribution >= 0.6 is 15.9 Å². The highest BCUT2D eigenvalue weighted by molar-refractivity contribution is 9.10. The van der Waals surface area contributed by atoms with Gasteiger partial charge >= 0.3 is 0 Å². The second-order valence-electron chi connectivity index (χ2n) is 3.26. The SMILES string of the molecule is COCN(COC)Cc1ccccc1Br. The molecule has 1 aromatic carbocycles. The summed E-state index contributed by atoms with van der Waals surface area (Å²) in [5.41, 5.74) is 1.23. The molecule has 0 aromatic heterocycles.